The summed E-state index contributed by atoms with van der Waals surface area (Å²) in [5.74, 6) is 0. The van der Waals surface area contributed by atoms with E-state index in [2.05, 4.69) is 4.98 Å². The number of rotatable bonds is 2. The Kier molecular flexibility index (Phi) is 3.53. The van der Waals surface area contributed by atoms with Gasteiger partial charge in [-0.2, -0.15) is 13.2 Å². The van der Waals surface area contributed by atoms with E-state index in [4.69, 9.17) is 15.8 Å². The van der Waals surface area contributed by atoms with Crippen LogP contribution >= 0.6 is 33.0 Å². The molecule has 1 heterocycles. The van der Waals surface area contributed by atoms with Crippen molar-refractivity contribution in [2.45, 2.75) is 17.1 Å². The van der Waals surface area contributed by atoms with Crippen LogP contribution in [0.5, 0.6) is 0 Å². The summed E-state index contributed by atoms with van der Waals surface area (Å²) >= 11 is 1.07. The second-order valence-electron chi connectivity index (χ2n) is 3.20. The zero-order chi connectivity index (χ0) is 12.6. The van der Waals surface area contributed by atoms with Gasteiger partial charge in [-0.25, -0.2) is 4.98 Å². The molecule has 8 heteroatoms. The van der Waals surface area contributed by atoms with Gasteiger partial charge >= 0.3 is 6.18 Å². The summed E-state index contributed by atoms with van der Waals surface area (Å²) in [5, 5.41) is 8.94. The number of hydrogen-bond donors (Lipinski definition) is 1. The molecule has 0 amide bonds. The highest BCUT2D eigenvalue weighted by atomic mass is 35.7. The van der Waals surface area contributed by atoms with E-state index in [1.165, 1.54) is 6.07 Å². The molecule has 0 unspecified atom stereocenters. The molecule has 0 aliphatic rings. The molecule has 0 fully saturated rings. The summed E-state index contributed by atoms with van der Waals surface area (Å²) in [6.45, 7) is -0.444. The Balaban J connectivity index is 2.74. The molecule has 0 saturated heterocycles. The number of halogens is 4. The van der Waals surface area contributed by atoms with E-state index in [0.29, 0.717) is 9.04 Å². The minimum Gasteiger partial charge on any atom is -0.392 e. The van der Waals surface area contributed by atoms with Crippen molar-refractivity contribution in [3.63, 3.8) is 0 Å². The summed E-state index contributed by atoms with van der Waals surface area (Å²) in [6, 6.07) is 2.39. The molecule has 2 aromatic rings. The number of fused-ring (bicyclic) bond motifs is 1. The van der Waals surface area contributed by atoms with Crippen LogP contribution in [0.3, 0.4) is 0 Å². The molecule has 0 radical (unpaired) electrons. The minimum atomic E-state index is -4.49. The quantitative estimate of drug-likeness (QED) is 0.908. The molecule has 1 aromatic carbocycles. The topological polar surface area (TPSA) is 33.1 Å². The highest BCUT2D eigenvalue weighted by molar-refractivity contribution is 8.22. The number of aromatic nitrogens is 1. The van der Waals surface area contributed by atoms with Crippen molar-refractivity contribution in [2.24, 2.45) is 0 Å². The first-order valence-electron chi connectivity index (χ1n) is 4.36. The lowest BCUT2D eigenvalue weighted by Crippen LogP contribution is -2.06. The van der Waals surface area contributed by atoms with Gasteiger partial charge in [0.15, 0.2) is 4.34 Å². The molecule has 1 aromatic heterocycles. The van der Waals surface area contributed by atoms with Crippen LogP contribution in [-0.4, -0.2) is 10.1 Å². The molecule has 92 valence electrons. The summed E-state index contributed by atoms with van der Waals surface area (Å²) in [7, 11) is 6.25. The second kappa shape index (κ2) is 4.64. The zero-order valence-electron chi connectivity index (χ0n) is 8.08. The first-order chi connectivity index (χ1) is 7.95. The fourth-order valence-electron chi connectivity index (χ4n) is 1.41. The molecule has 0 spiro atoms. The fourth-order valence-corrected chi connectivity index (χ4v) is 3.10. The van der Waals surface area contributed by atoms with Crippen LogP contribution in [0.2, 0.25) is 0 Å². The molecule has 0 aliphatic heterocycles. The van der Waals surface area contributed by atoms with Crippen LogP contribution in [0.25, 0.3) is 10.2 Å². The predicted octanol–water partition coefficient (Wildman–Crippen LogP) is 4.05. The zero-order valence-corrected chi connectivity index (χ0v) is 10.5. The van der Waals surface area contributed by atoms with Gasteiger partial charge in [0.05, 0.1) is 22.4 Å². The maximum atomic E-state index is 12.8. The van der Waals surface area contributed by atoms with Gasteiger partial charge in [0.25, 0.3) is 0 Å². The maximum Gasteiger partial charge on any atom is 0.418 e. The SMILES string of the molecule is OCc1cc(C(F)(F)F)c2nc(SCl)sc2c1. The Morgan fingerprint density at radius 2 is 2.12 bits per heavy atom. The number of alkyl halides is 3. The molecular weight excluding hydrogens is 295 g/mol. The lowest BCUT2D eigenvalue weighted by atomic mass is 10.1. The van der Waals surface area contributed by atoms with Gasteiger partial charge in [-0.05, 0) is 28.4 Å². The van der Waals surface area contributed by atoms with Gasteiger partial charge in [0.2, 0.25) is 0 Å². The normalized spacial score (nSPS) is 12.3. The van der Waals surface area contributed by atoms with Crippen LogP contribution < -0.4 is 0 Å². The van der Waals surface area contributed by atoms with Crippen LogP contribution in [0, 0.1) is 0 Å². The van der Waals surface area contributed by atoms with E-state index < -0.39 is 18.3 Å². The van der Waals surface area contributed by atoms with Crippen molar-refractivity contribution in [1.82, 2.24) is 4.98 Å². The van der Waals surface area contributed by atoms with E-state index in [1.807, 2.05) is 0 Å². The van der Waals surface area contributed by atoms with Crippen molar-refractivity contribution in [3.8, 4) is 0 Å². The van der Waals surface area contributed by atoms with Gasteiger partial charge in [-0.1, -0.05) is 0 Å². The third kappa shape index (κ3) is 2.52. The van der Waals surface area contributed by atoms with Crippen molar-refractivity contribution in [2.75, 3.05) is 0 Å². The summed E-state index contributed by atoms with van der Waals surface area (Å²) in [4.78, 5) is 3.82. The molecule has 2 nitrogen and oxygen atoms in total. The number of aliphatic hydroxyl groups excluding tert-OH is 1. The third-order valence-corrected chi connectivity index (χ3v) is 4.32. The molecule has 0 aliphatic carbocycles. The lowest BCUT2D eigenvalue weighted by Gasteiger charge is -2.08. The van der Waals surface area contributed by atoms with E-state index in [-0.39, 0.29) is 11.1 Å². The van der Waals surface area contributed by atoms with Crippen LogP contribution in [-0.2, 0) is 12.8 Å². The highest BCUT2D eigenvalue weighted by Gasteiger charge is 2.34. The summed E-state index contributed by atoms with van der Waals surface area (Å²) in [6.07, 6.45) is -4.49. The average molecular weight is 300 g/mol. The average Bonchev–Trinajstić information content (AvgIpc) is 2.68. The van der Waals surface area contributed by atoms with Crippen LogP contribution in [0.15, 0.2) is 16.5 Å². The predicted molar refractivity (Wildman–Crippen MR) is 62.3 cm³/mol. The van der Waals surface area contributed by atoms with Gasteiger partial charge < -0.3 is 5.11 Å². The molecule has 0 bridgehead atoms. The van der Waals surface area contributed by atoms with E-state index in [0.717, 1.165) is 28.4 Å². The van der Waals surface area contributed by atoms with Crippen molar-refractivity contribution in [3.05, 3.63) is 23.3 Å². The van der Waals surface area contributed by atoms with E-state index in [1.54, 1.807) is 0 Å². The lowest BCUT2D eigenvalue weighted by molar-refractivity contribution is -0.136. The number of benzene rings is 1. The fraction of sp³-hybridized carbons (Fsp3) is 0.222. The van der Waals surface area contributed by atoms with Crippen LogP contribution in [0.4, 0.5) is 13.2 Å². The Bertz CT molecular complexity index is 555. The highest BCUT2D eigenvalue weighted by Crippen LogP contribution is 2.39. The van der Waals surface area contributed by atoms with Gasteiger partial charge in [-0.15, -0.1) is 11.3 Å². The maximum absolute atomic E-state index is 12.8. The monoisotopic (exact) mass is 299 g/mol. The standard InChI is InChI=1S/C9H5ClF3NOS2/c10-17-8-14-7-5(9(11,12)13)1-4(3-15)2-6(7)16-8/h1-2,15H,3H2. The van der Waals surface area contributed by atoms with Crippen LogP contribution in [0.1, 0.15) is 11.1 Å². The Morgan fingerprint density at radius 3 is 2.65 bits per heavy atom. The van der Waals surface area contributed by atoms with E-state index in [9.17, 15) is 13.2 Å². The first-order valence-corrected chi connectivity index (χ1v) is 6.81. The van der Waals surface area contributed by atoms with Crippen molar-refractivity contribution < 1.29 is 18.3 Å². The molecule has 0 atom stereocenters. The third-order valence-electron chi connectivity index (χ3n) is 2.09. The number of hydrogen-bond acceptors (Lipinski definition) is 4. The summed E-state index contributed by atoms with van der Waals surface area (Å²) < 4.78 is 39.1. The van der Waals surface area contributed by atoms with Gasteiger partial charge in [0, 0.05) is 11.0 Å². The molecule has 17 heavy (non-hydrogen) atoms. The Labute approximate surface area is 107 Å². The van der Waals surface area contributed by atoms with Crippen molar-refractivity contribution >= 4 is 43.2 Å². The van der Waals surface area contributed by atoms with Crippen molar-refractivity contribution in [1.29, 1.82) is 0 Å². The Morgan fingerprint density at radius 1 is 1.41 bits per heavy atom. The number of nitrogens with zero attached hydrogens (tertiary/aromatic N) is 1. The number of aliphatic hydroxyl groups is 1. The first kappa shape index (κ1) is 12.9. The molecule has 2 rings (SSSR count). The Hall–Kier alpha value is -0.500. The van der Waals surface area contributed by atoms with E-state index >= 15 is 0 Å². The minimum absolute atomic E-state index is 0.122. The smallest absolute Gasteiger partial charge is 0.392 e. The number of thiazole rings is 1. The van der Waals surface area contributed by atoms with Gasteiger partial charge in [0.1, 0.15) is 0 Å². The largest absolute Gasteiger partial charge is 0.418 e. The second-order valence-corrected chi connectivity index (χ2v) is 5.50. The molecule has 0 saturated carbocycles. The molecular formula is C9H5ClF3NOS2. The molecule has 1 N–H and O–H groups in total. The summed E-state index contributed by atoms with van der Waals surface area (Å²) in [5.41, 5.74) is -0.755. The van der Waals surface area contributed by atoms with Gasteiger partial charge in [-0.3, -0.25) is 0 Å².